The third-order valence-corrected chi connectivity index (χ3v) is 3.47. The molecule has 21 heavy (non-hydrogen) atoms. The van der Waals surface area contributed by atoms with Gasteiger partial charge in [0.1, 0.15) is 5.15 Å². The van der Waals surface area contributed by atoms with Crippen molar-refractivity contribution in [2.24, 2.45) is 0 Å². The molecule has 0 radical (unpaired) electrons. The number of rotatable bonds is 4. The zero-order valence-corrected chi connectivity index (χ0v) is 13.4. The number of aromatic nitrogens is 1. The number of benzene rings is 1. The van der Waals surface area contributed by atoms with E-state index in [-0.39, 0.29) is 5.56 Å². The number of carboxylic acids is 1. The molecule has 1 aromatic heterocycles. The van der Waals surface area contributed by atoms with Crippen LogP contribution in [-0.4, -0.2) is 40.6 Å². The van der Waals surface area contributed by atoms with Crippen molar-refractivity contribution in [3.63, 3.8) is 0 Å². The van der Waals surface area contributed by atoms with Crippen LogP contribution in [0, 0.1) is 0 Å². The van der Waals surface area contributed by atoms with E-state index in [0.29, 0.717) is 10.7 Å². The van der Waals surface area contributed by atoms with Gasteiger partial charge in [-0.2, -0.15) is 0 Å². The van der Waals surface area contributed by atoms with Crippen LogP contribution >= 0.6 is 11.6 Å². The van der Waals surface area contributed by atoms with Gasteiger partial charge in [-0.1, -0.05) is 44.5 Å². The van der Waals surface area contributed by atoms with Gasteiger partial charge in [-0.3, -0.25) is 0 Å². The largest absolute Gasteiger partial charge is 0.478 e. The van der Waals surface area contributed by atoms with Crippen molar-refractivity contribution < 1.29 is 9.90 Å². The van der Waals surface area contributed by atoms with E-state index in [2.05, 4.69) is 30.7 Å². The molecule has 2 rings (SSSR count). The van der Waals surface area contributed by atoms with Gasteiger partial charge >= 0.3 is 5.97 Å². The topological polar surface area (TPSA) is 53.4 Å². The molecule has 0 amide bonds. The Bertz CT molecular complexity index is 592. The first-order valence-corrected chi connectivity index (χ1v) is 7.42. The minimum absolute atomic E-state index is 0.171. The first kappa shape index (κ1) is 17.4. The molecule has 0 bridgehead atoms. The number of hydrogen-bond donors (Lipinski definition) is 1. The SMILES string of the molecule is CCN(CC)CC.O=C(O)c1cccc2ccc(Cl)nc12. The molecule has 0 saturated carbocycles. The van der Waals surface area contributed by atoms with Gasteiger partial charge in [0.05, 0.1) is 11.1 Å². The summed E-state index contributed by atoms with van der Waals surface area (Å²) in [4.78, 5) is 17.2. The van der Waals surface area contributed by atoms with Gasteiger partial charge in [-0.25, -0.2) is 9.78 Å². The number of carboxylic acid groups (broad SMARTS) is 1. The Labute approximate surface area is 130 Å². The molecule has 0 atom stereocenters. The Morgan fingerprint density at radius 2 is 1.76 bits per heavy atom. The summed E-state index contributed by atoms with van der Waals surface area (Å²) in [6, 6.07) is 8.37. The molecule has 0 spiro atoms. The second kappa shape index (κ2) is 8.60. The van der Waals surface area contributed by atoms with Crippen molar-refractivity contribution in [1.82, 2.24) is 9.88 Å². The van der Waals surface area contributed by atoms with Crippen LogP contribution in [0.4, 0.5) is 0 Å². The molecule has 4 nitrogen and oxygen atoms in total. The van der Waals surface area contributed by atoms with Gasteiger partial charge in [-0.15, -0.1) is 0 Å². The summed E-state index contributed by atoms with van der Waals surface area (Å²) in [6.07, 6.45) is 0. The third-order valence-electron chi connectivity index (χ3n) is 3.26. The average Bonchev–Trinajstić information content (AvgIpc) is 2.49. The number of para-hydroxylation sites is 1. The summed E-state index contributed by atoms with van der Waals surface area (Å²) in [7, 11) is 0. The fraction of sp³-hybridized carbons (Fsp3) is 0.375. The minimum Gasteiger partial charge on any atom is -0.478 e. The highest BCUT2D eigenvalue weighted by molar-refractivity contribution is 6.29. The average molecular weight is 309 g/mol. The summed E-state index contributed by atoms with van der Waals surface area (Å²) in [5.74, 6) is -0.995. The van der Waals surface area contributed by atoms with Crippen molar-refractivity contribution in [2.45, 2.75) is 20.8 Å². The predicted octanol–water partition coefficient (Wildman–Crippen LogP) is 3.93. The van der Waals surface area contributed by atoms with Crippen LogP contribution < -0.4 is 0 Å². The molecule has 0 saturated heterocycles. The van der Waals surface area contributed by atoms with Gasteiger partial charge < -0.3 is 10.0 Å². The summed E-state index contributed by atoms with van der Waals surface area (Å²) in [5.41, 5.74) is 0.595. The summed E-state index contributed by atoms with van der Waals surface area (Å²) < 4.78 is 0. The van der Waals surface area contributed by atoms with E-state index in [9.17, 15) is 4.79 Å². The fourth-order valence-corrected chi connectivity index (χ4v) is 2.11. The zero-order valence-electron chi connectivity index (χ0n) is 12.6. The first-order valence-electron chi connectivity index (χ1n) is 7.04. The van der Waals surface area contributed by atoms with Crippen LogP contribution in [0.5, 0.6) is 0 Å². The molecule has 0 aliphatic rings. The monoisotopic (exact) mass is 308 g/mol. The summed E-state index contributed by atoms with van der Waals surface area (Å²) in [6.45, 7) is 10.1. The lowest BCUT2D eigenvalue weighted by atomic mass is 10.1. The number of carbonyl (C=O) groups is 1. The number of halogens is 1. The van der Waals surface area contributed by atoms with E-state index >= 15 is 0 Å². The van der Waals surface area contributed by atoms with Gasteiger partial charge in [0, 0.05) is 5.39 Å². The quantitative estimate of drug-likeness (QED) is 0.869. The standard InChI is InChI=1S/C10H6ClNO2.C6H15N/c11-8-5-4-6-2-1-3-7(10(13)14)9(6)12-8;1-4-7(5-2)6-3/h1-5H,(H,13,14);4-6H2,1-3H3. The molecule has 0 unspecified atom stereocenters. The van der Waals surface area contributed by atoms with Gasteiger partial charge in [0.25, 0.3) is 0 Å². The van der Waals surface area contributed by atoms with Crippen LogP contribution in [0.3, 0.4) is 0 Å². The number of nitrogens with zero attached hydrogens (tertiary/aromatic N) is 2. The number of hydrogen-bond acceptors (Lipinski definition) is 3. The van der Waals surface area contributed by atoms with Gasteiger partial charge in [0.15, 0.2) is 0 Å². The lowest BCUT2D eigenvalue weighted by molar-refractivity contribution is 0.0699. The molecule has 114 valence electrons. The van der Waals surface area contributed by atoms with E-state index < -0.39 is 5.97 Å². The summed E-state index contributed by atoms with van der Waals surface area (Å²) >= 11 is 5.69. The molecule has 1 aromatic carbocycles. The molecule has 0 aliphatic heterocycles. The number of aromatic carboxylic acids is 1. The van der Waals surface area contributed by atoms with Crippen molar-refractivity contribution in [3.8, 4) is 0 Å². The maximum atomic E-state index is 10.8. The molecule has 5 heteroatoms. The Hall–Kier alpha value is -1.65. The van der Waals surface area contributed by atoms with Crippen molar-refractivity contribution in [1.29, 1.82) is 0 Å². The van der Waals surface area contributed by atoms with Crippen LogP contribution in [0.25, 0.3) is 10.9 Å². The third kappa shape index (κ3) is 4.99. The Balaban J connectivity index is 0.000000270. The molecule has 1 heterocycles. The van der Waals surface area contributed by atoms with Crippen LogP contribution in [-0.2, 0) is 0 Å². The Morgan fingerprint density at radius 3 is 2.24 bits per heavy atom. The normalized spacial score (nSPS) is 10.3. The molecule has 2 aromatic rings. The minimum atomic E-state index is -0.995. The highest BCUT2D eigenvalue weighted by Gasteiger charge is 2.08. The maximum absolute atomic E-state index is 10.8. The molecule has 1 N–H and O–H groups in total. The van der Waals surface area contributed by atoms with Gasteiger partial charge in [-0.05, 0) is 37.8 Å². The number of pyridine rings is 1. The lowest BCUT2D eigenvalue weighted by Gasteiger charge is -2.13. The molecular formula is C16H21ClN2O2. The Morgan fingerprint density at radius 1 is 1.14 bits per heavy atom. The lowest BCUT2D eigenvalue weighted by Crippen LogP contribution is -2.21. The first-order chi connectivity index (χ1) is 10.0. The van der Waals surface area contributed by atoms with Crippen LogP contribution in [0.15, 0.2) is 30.3 Å². The molecular weight excluding hydrogens is 288 g/mol. The molecule has 0 aliphatic carbocycles. The van der Waals surface area contributed by atoms with Gasteiger partial charge in [0.2, 0.25) is 0 Å². The second-order valence-electron chi connectivity index (χ2n) is 4.44. The fourth-order valence-electron chi connectivity index (χ4n) is 1.97. The summed E-state index contributed by atoms with van der Waals surface area (Å²) in [5, 5.41) is 9.96. The predicted molar refractivity (Wildman–Crippen MR) is 87.2 cm³/mol. The van der Waals surface area contributed by atoms with Crippen molar-refractivity contribution >= 4 is 28.5 Å². The second-order valence-corrected chi connectivity index (χ2v) is 4.82. The van der Waals surface area contributed by atoms with E-state index in [4.69, 9.17) is 16.7 Å². The smallest absolute Gasteiger partial charge is 0.337 e. The van der Waals surface area contributed by atoms with Crippen LogP contribution in [0.2, 0.25) is 5.15 Å². The van der Waals surface area contributed by atoms with E-state index in [0.717, 1.165) is 5.39 Å². The van der Waals surface area contributed by atoms with Crippen molar-refractivity contribution in [2.75, 3.05) is 19.6 Å². The van der Waals surface area contributed by atoms with E-state index in [1.54, 1.807) is 24.3 Å². The van der Waals surface area contributed by atoms with E-state index in [1.165, 1.54) is 25.7 Å². The number of fused-ring (bicyclic) bond motifs is 1. The van der Waals surface area contributed by atoms with E-state index in [1.807, 2.05) is 0 Å². The Kier molecular flexibility index (Phi) is 7.12. The molecule has 0 fully saturated rings. The van der Waals surface area contributed by atoms with Crippen LogP contribution in [0.1, 0.15) is 31.1 Å². The highest BCUT2D eigenvalue weighted by atomic mass is 35.5. The highest BCUT2D eigenvalue weighted by Crippen LogP contribution is 2.19. The zero-order chi connectivity index (χ0) is 15.8. The maximum Gasteiger partial charge on any atom is 0.337 e. The van der Waals surface area contributed by atoms with Crippen molar-refractivity contribution in [3.05, 3.63) is 41.0 Å².